The highest BCUT2D eigenvalue weighted by Crippen LogP contribution is 2.49. The van der Waals surface area contributed by atoms with Crippen LogP contribution in [-0.4, -0.2) is 83.5 Å². The Balaban J connectivity index is 1.92. The third-order valence-corrected chi connectivity index (χ3v) is 9.83. The zero-order valence-corrected chi connectivity index (χ0v) is 24.9. The number of unbranched alkanes of at least 4 members (excludes halogenated alkanes) is 1. The first-order valence-electron chi connectivity index (χ1n) is 14.1. The third kappa shape index (κ3) is 7.82. The molecular weight excluding hydrogens is 532 g/mol. The quantitative estimate of drug-likeness (QED) is 0.238. The van der Waals surface area contributed by atoms with Crippen molar-refractivity contribution in [3.05, 3.63) is 53.6 Å². The van der Waals surface area contributed by atoms with E-state index in [2.05, 4.69) is 12.2 Å². The Morgan fingerprint density at radius 3 is 2.52 bits per heavy atom. The van der Waals surface area contributed by atoms with Crippen LogP contribution < -0.4 is 10.2 Å². The third-order valence-electron chi connectivity index (χ3n) is 7.83. The molecule has 0 radical (unpaired) electrons. The lowest BCUT2D eigenvalue weighted by Crippen LogP contribution is -3.00. The molecule has 9 nitrogen and oxygen atoms in total. The Kier molecular flexibility index (Phi) is 11.5. The van der Waals surface area contributed by atoms with Crippen molar-refractivity contribution < 1.29 is 37.8 Å². The number of carbonyl (C=O) groups is 1. The maximum Gasteiger partial charge on any atom is 0.329 e. The van der Waals surface area contributed by atoms with Gasteiger partial charge in [0.25, 0.3) is 0 Å². The van der Waals surface area contributed by atoms with E-state index in [4.69, 9.17) is 14.6 Å². The number of fused-ring (bicyclic) bond motifs is 1. The number of hydrogen-bond acceptors (Lipinski definition) is 7. The molecule has 3 atom stereocenters. The van der Waals surface area contributed by atoms with Gasteiger partial charge in [0.05, 0.1) is 50.7 Å². The van der Waals surface area contributed by atoms with E-state index in [1.807, 2.05) is 57.4 Å². The number of anilines is 1. The van der Waals surface area contributed by atoms with Gasteiger partial charge in [-0.05, 0) is 42.2 Å². The highest BCUT2D eigenvalue weighted by atomic mass is 32.2. The summed E-state index contributed by atoms with van der Waals surface area (Å²) in [6, 6.07) is 13.3. The van der Waals surface area contributed by atoms with Gasteiger partial charge in [-0.15, -0.1) is 0 Å². The van der Waals surface area contributed by atoms with Crippen LogP contribution in [0.4, 0.5) is 11.4 Å². The number of ether oxygens (including phenoxy) is 2. The number of quaternary nitrogens is 1. The van der Waals surface area contributed by atoms with Gasteiger partial charge in [-0.1, -0.05) is 38.8 Å². The van der Waals surface area contributed by atoms with E-state index in [1.165, 1.54) is 0 Å². The fourth-order valence-electron chi connectivity index (χ4n) is 5.54. The van der Waals surface area contributed by atoms with E-state index in [0.717, 1.165) is 34.7 Å². The number of rotatable bonds is 15. The maximum absolute atomic E-state index is 13.8. The number of nitrogens with one attached hydrogen (secondary N) is 2. The van der Waals surface area contributed by atoms with Gasteiger partial charge >= 0.3 is 5.97 Å². The highest BCUT2D eigenvalue weighted by molar-refractivity contribution is 7.91. The number of carboxylic acids is 1. The predicted molar refractivity (Wildman–Crippen MR) is 155 cm³/mol. The first-order chi connectivity index (χ1) is 19.0. The number of hydrogen-bond donors (Lipinski definition) is 4. The smallest absolute Gasteiger partial charge is 0.329 e. The van der Waals surface area contributed by atoms with Crippen LogP contribution in [0.1, 0.15) is 56.6 Å². The lowest BCUT2D eigenvalue weighted by atomic mass is 9.69. The second kappa shape index (κ2) is 14.4. The zero-order chi connectivity index (χ0) is 29.3. The van der Waals surface area contributed by atoms with Crippen LogP contribution in [0.5, 0.6) is 0 Å². The number of aliphatic hydroxyl groups is 1. The summed E-state index contributed by atoms with van der Waals surface area (Å²) in [5, 5.41) is 24.1. The van der Waals surface area contributed by atoms with Crippen molar-refractivity contribution in [1.29, 1.82) is 0 Å². The number of aliphatic carboxylic acids is 1. The molecule has 1 aliphatic rings. The van der Waals surface area contributed by atoms with Crippen molar-refractivity contribution in [3.63, 3.8) is 0 Å². The van der Waals surface area contributed by atoms with E-state index < -0.39 is 33.2 Å². The number of sulfone groups is 1. The highest BCUT2D eigenvalue weighted by Gasteiger charge is 2.49. The molecule has 1 aliphatic heterocycles. The predicted octanol–water partition coefficient (Wildman–Crippen LogP) is 2.86. The molecule has 0 aliphatic carbocycles. The molecule has 0 spiro atoms. The SMILES string of the molecule is CCCCC1(CC)CS(=O)(=O)c2ccc([NH+](C)C)cc2C(c2cccc(NCCOCCOCC(=O)O)c2)C1O. The minimum Gasteiger partial charge on any atom is -0.480 e. The molecule has 3 unspecified atom stereocenters. The topological polar surface area (TPSA) is 127 Å². The van der Waals surface area contributed by atoms with Crippen molar-refractivity contribution in [2.75, 3.05) is 58.1 Å². The van der Waals surface area contributed by atoms with Gasteiger partial charge in [-0.25, -0.2) is 13.2 Å². The molecule has 4 N–H and O–H groups in total. The van der Waals surface area contributed by atoms with Crippen LogP contribution in [-0.2, 0) is 24.1 Å². The molecule has 0 amide bonds. The normalized spacial score (nSPS) is 22.1. The molecule has 40 heavy (non-hydrogen) atoms. The summed E-state index contributed by atoms with van der Waals surface area (Å²) in [4.78, 5) is 11.9. The average Bonchev–Trinajstić information content (AvgIpc) is 2.99. The van der Waals surface area contributed by atoms with Crippen LogP contribution in [0.2, 0.25) is 0 Å². The van der Waals surface area contributed by atoms with E-state index in [0.29, 0.717) is 43.1 Å². The first kappa shape index (κ1) is 32.0. The van der Waals surface area contributed by atoms with Crippen molar-refractivity contribution in [3.8, 4) is 0 Å². The van der Waals surface area contributed by atoms with Gasteiger partial charge in [-0.3, -0.25) is 0 Å². The van der Waals surface area contributed by atoms with Crippen molar-refractivity contribution in [2.24, 2.45) is 5.41 Å². The molecule has 0 aromatic heterocycles. The Morgan fingerprint density at radius 1 is 1.10 bits per heavy atom. The Hall–Kier alpha value is -2.50. The van der Waals surface area contributed by atoms with Gasteiger partial charge in [0.15, 0.2) is 9.84 Å². The Labute approximate surface area is 238 Å². The lowest BCUT2D eigenvalue weighted by Gasteiger charge is -2.39. The molecule has 3 rings (SSSR count). The summed E-state index contributed by atoms with van der Waals surface area (Å²) in [7, 11) is 0.370. The van der Waals surface area contributed by atoms with Gasteiger partial charge in [0.1, 0.15) is 12.3 Å². The minimum atomic E-state index is -3.63. The minimum absolute atomic E-state index is 0.0687. The summed E-state index contributed by atoms with van der Waals surface area (Å²) in [5.41, 5.74) is 2.56. The largest absolute Gasteiger partial charge is 0.480 e. The van der Waals surface area contributed by atoms with E-state index in [1.54, 1.807) is 6.07 Å². The maximum atomic E-state index is 13.8. The summed E-state index contributed by atoms with van der Waals surface area (Å²) in [6.45, 7) is 5.14. The molecule has 1 heterocycles. The van der Waals surface area contributed by atoms with E-state index in [-0.39, 0.29) is 19.0 Å². The number of carboxylic acid groups (broad SMARTS) is 1. The summed E-state index contributed by atoms with van der Waals surface area (Å²) in [6.07, 6.45) is 2.10. The molecule has 2 aromatic carbocycles. The zero-order valence-electron chi connectivity index (χ0n) is 24.1. The molecular formula is C30H45N2O7S+. The Bertz CT molecular complexity index is 1230. The van der Waals surface area contributed by atoms with Gasteiger partial charge in [0, 0.05) is 35.7 Å². The number of benzene rings is 2. The summed E-state index contributed by atoms with van der Waals surface area (Å²) < 4.78 is 38.1. The van der Waals surface area contributed by atoms with Crippen LogP contribution >= 0.6 is 0 Å². The molecule has 222 valence electrons. The standard InChI is InChI=1S/C30H44N2O7S/c1-5-7-13-30(6-2)21-40(36,37)26-12-11-24(32(3)4)19-25(26)28(29(30)35)22-9-8-10-23(18-22)31-14-15-38-16-17-39-20-27(33)34/h8-12,18-19,28-29,31,35H,5-7,13-17,20-21H2,1-4H3,(H,33,34)/p+1. The second-order valence-electron chi connectivity index (χ2n) is 10.9. The fraction of sp³-hybridized carbons (Fsp3) is 0.567. The average molecular weight is 578 g/mol. The first-order valence-corrected chi connectivity index (χ1v) is 15.8. The second-order valence-corrected chi connectivity index (χ2v) is 12.8. The molecule has 10 heteroatoms. The molecule has 0 bridgehead atoms. The van der Waals surface area contributed by atoms with Gasteiger partial charge in [0.2, 0.25) is 0 Å². The van der Waals surface area contributed by atoms with E-state index in [9.17, 15) is 18.3 Å². The molecule has 2 aromatic rings. The van der Waals surface area contributed by atoms with Crippen molar-refractivity contribution >= 4 is 27.2 Å². The monoisotopic (exact) mass is 577 g/mol. The van der Waals surface area contributed by atoms with Crippen LogP contribution in [0.25, 0.3) is 0 Å². The Morgan fingerprint density at radius 2 is 1.85 bits per heavy atom. The van der Waals surface area contributed by atoms with Crippen molar-refractivity contribution in [2.45, 2.75) is 56.4 Å². The lowest BCUT2D eigenvalue weighted by molar-refractivity contribution is -0.786. The van der Waals surface area contributed by atoms with Crippen LogP contribution in [0.15, 0.2) is 47.4 Å². The molecule has 0 fully saturated rings. The van der Waals surface area contributed by atoms with Gasteiger partial charge < -0.3 is 29.9 Å². The molecule has 0 saturated carbocycles. The molecule has 0 saturated heterocycles. The summed E-state index contributed by atoms with van der Waals surface area (Å²) in [5.74, 6) is -1.59. The van der Waals surface area contributed by atoms with E-state index >= 15 is 0 Å². The van der Waals surface area contributed by atoms with Crippen LogP contribution in [0, 0.1) is 5.41 Å². The van der Waals surface area contributed by atoms with Crippen molar-refractivity contribution in [1.82, 2.24) is 0 Å². The number of aliphatic hydroxyl groups excluding tert-OH is 1. The summed E-state index contributed by atoms with van der Waals surface area (Å²) >= 11 is 0. The van der Waals surface area contributed by atoms with Gasteiger partial charge in [-0.2, -0.15) is 0 Å². The van der Waals surface area contributed by atoms with Crippen LogP contribution in [0.3, 0.4) is 0 Å². The fourth-order valence-corrected chi connectivity index (χ4v) is 7.79.